The second-order valence-corrected chi connectivity index (χ2v) is 3.98. The number of hydrogen-bond acceptors (Lipinski definition) is 2. The third-order valence-electron chi connectivity index (χ3n) is 2.27. The third-order valence-corrected chi connectivity index (χ3v) is 2.60. The lowest BCUT2D eigenvalue weighted by Crippen LogP contribution is -1.95. The van der Waals surface area contributed by atoms with E-state index in [1.54, 1.807) is 6.20 Å². The van der Waals surface area contributed by atoms with Gasteiger partial charge >= 0.3 is 0 Å². The van der Waals surface area contributed by atoms with E-state index < -0.39 is 0 Å². The Kier molecular flexibility index (Phi) is 2.79. The molecule has 0 aliphatic heterocycles. The number of anilines is 1. The van der Waals surface area contributed by atoms with E-state index in [1.807, 2.05) is 13.0 Å². The molecule has 0 atom stereocenters. The van der Waals surface area contributed by atoms with Gasteiger partial charge < -0.3 is 5.73 Å². The monoisotopic (exact) mass is 236 g/mol. The van der Waals surface area contributed by atoms with Crippen molar-refractivity contribution in [2.75, 3.05) is 5.73 Å². The van der Waals surface area contributed by atoms with Crippen LogP contribution in [0.5, 0.6) is 0 Å². The predicted octanol–water partition coefficient (Wildman–Crippen LogP) is 3.43. The SMILES string of the molecule is Cc1cnc(N)c(-c2cc(F)ccc2Cl)c1. The van der Waals surface area contributed by atoms with E-state index in [4.69, 9.17) is 17.3 Å². The van der Waals surface area contributed by atoms with Gasteiger partial charge in [-0.05, 0) is 36.8 Å². The van der Waals surface area contributed by atoms with Crippen molar-refractivity contribution in [3.8, 4) is 11.1 Å². The molecule has 0 bridgehead atoms. The van der Waals surface area contributed by atoms with Crippen molar-refractivity contribution in [2.45, 2.75) is 6.92 Å². The molecule has 1 aromatic heterocycles. The highest BCUT2D eigenvalue weighted by molar-refractivity contribution is 6.33. The number of pyridine rings is 1. The van der Waals surface area contributed by atoms with E-state index in [0.717, 1.165) is 5.56 Å². The summed E-state index contributed by atoms with van der Waals surface area (Å²) in [5, 5.41) is 0.459. The molecule has 0 amide bonds. The van der Waals surface area contributed by atoms with Gasteiger partial charge in [0.05, 0.1) is 0 Å². The quantitative estimate of drug-likeness (QED) is 0.824. The Morgan fingerprint density at radius 2 is 2.00 bits per heavy atom. The minimum absolute atomic E-state index is 0.345. The van der Waals surface area contributed by atoms with Gasteiger partial charge in [0, 0.05) is 22.3 Å². The number of halogens is 2. The number of hydrogen-bond donors (Lipinski definition) is 1. The summed E-state index contributed by atoms with van der Waals surface area (Å²) in [5.74, 6) is -0.00148. The molecule has 1 aromatic carbocycles. The molecule has 0 saturated heterocycles. The van der Waals surface area contributed by atoms with E-state index in [1.165, 1.54) is 18.2 Å². The van der Waals surface area contributed by atoms with E-state index in [0.29, 0.717) is 22.0 Å². The van der Waals surface area contributed by atoms with Gasteiger partial charge in [-0.15, -0.1) is 0 Å². The van der Waals surface area contributed by atoms with Crippen LogP contribution in [-0.2, 0) is 0 Å². The second-order valence-electron chi connectivity index (χ2n) is 3.57. The number of aromatic nitrogens is 1. The highest BCUT2D eigenvalue weighted by Crippen LogP contribution is 2.31. The Bertz CT molecular complexity index is 491. The molecular formula is C12H10ClFN2. The van der Waals surface area contributed by atoms with Crippen molar-refractivity contribution in [3.05, 3.63) is 46.9 Å². The van der Waals surface area contributed by atoms with Crippen molar-refractivity contribution in [1.29, 1.82) is 0 Å². The van der Waals surface area contributed by atoms with E-state index in [2.05, 4.69) is 4.98 Å². The van der Waals surface area contributed by atoms with Crippen molar-refractivity contribution in [1.82, 2.24) is 4.98 Å². The third kappa shape index (κ3) is 1.99. The molecular weight excluding hydrogens is 227 g/mol. The highest BCUT2D eigenvalue weighted by atomic mass is 35.5. The Labute approximate surface area is 97.9 Å². The molecule has 2 rings (SSSR count). The lowest BCUT2D eigenvalue weighted by Gasteiger charge is -2.08. The molecule has 0 saturated carbocycles. The molecule has 2 N–H and O–H groups in total. The summed E-state index contributed by atoms with van der Waals surface area (Å²) in [6.07, 6.45) is 1.66. The van der Waals surface area contributed by atoms with Gasteiger partial charge in [0.1, 0.15) is 11.6 Å². The fourth-order valence-corrected chi connectivity index (χ4v) is 1.72. The maximum absolute atomic E-state index is 13.1. The summed E-state index contributed by atoms with van der Waals surface area (Å²) >= 11 is 6.01. The summed E-state index contributed by atoms with van der Waals surface area (Å²) in [6, 6.07) is 6.01. The number of aryl methyl sites for hydroxylation is 1. The lowest BCUT2D eigenvalue weighted by atomic mass is 10.0. The predicted molar refractivity (Wildman–Crippen MR) is 63.8 cm³/mol. The molecule has 0 unspecified atom stereocenters. The van der Waals surface area contributed by atoms with Gasteiger partial charge in [0.2, 0.25) is 0 Å². The summed E-state index contributed by atoms with van der Waals surface area (Å²) < 4.78 is 13.1. The molecule has 2 nitrogen and oxygen atoms in total. The fourth-order valence-electron chi connectivity index (χ4n) is 1.50. The van der Waals surface area contributed by atoms with E-state index in [-0.39, 0.29) is 5.82 Å². The normalized spacial score (nSPS) is 10.4. The van der Waals surface area contributed by atoms with Gasteiger partial charge in [-0.25, -0.2) is 9.37 Å². The summed E-state index contributed by atoms with van der Waals surface area (Å²) in [6.45, 7) is 1.89. The first-order chi connectivity index (χ1) is 7.58. The van der Waals surface area contributed by atoms with E-state index >= 15 is 0 Å². The molecule has 0 aliphatic rings. The fraction of sp³-hybridized carbons (Fsp3) is 0.0833. The Morgan fingerprint density at radius 3 is 2.75 bits per heavy atom. The molecule has 1 heterocycles. The number of benzene rings is 1. The summed E-state index contributed by atoms with van der Waals surface area (Å²) in [7, 11) is 0. The number of nitrogen functional groups attached to an aromatic ring is 1. The smallest absolute Gasteiger partial charge is 0.131 e. The standard InChI is InChI=1S/C12H10ClFN2/c1-7-4-10(12(15)16-6-7)9-5-8(14)2-3-11(9)13/h2-6H,1H3,(H2,15,16). The molecule has 16 heavy (non-hydrogen) atoms. The van der Waals surface area contributed by atoms with Crippen LogP contribution in [0.25, 0.3) is 11.1 Å². The zero-order chi connectivity index (χ0) is 11.7. The van der Waals surface area contributed by atoms with Crippen LogP contribution in [0.1, 0.15) is 5.56 Å². The van der Waals surface area contributed by atoms with Crippen LogP contribution in [0.15, 0.2) is 30.5 Å². The maximum Gasteiger partial charge on any atom is 0.131 e. The topological polar surface area (TPSA) is 38.9 Å². The number of nitrogens with two attached hydrogens (primary N) is 1. The van der Waals surface area contributed by atoms with Crippen molar-refractivity contribution in [2.24, 2.45) is 0 Å². The Balaban J connectivity index is 2.66. The van der Waals surface area contributed by atoms with E-state index in [9.17, 15) is 4.39 Å². The molecule has 0 aliphatic carbocycles. The van der Waals surface area contributed by atoms with Crippen LogP contribution < -0.4 is 5.73 Å². The average molecular weight is 237 g/mol. The first-order valence-corrected chi connectivity index (χ1v) is 5.13. The molecule has 82 valence electrons. The zero-order valence-electron chi connectivity index (χ0n) is 8.67. The number of nitrogens with zero attached hydrogens (tertiary/aromatic N) is 1. The lowest BCUT2D eigenvalue weighted by molar-refractivity contribution is 0.628. The molecule has 0 fully saturated rings. The van der Waals surface area contributed by atoms with Crippen LogP contribution in [0.3, 0.4) is 0 Å². The first-order valence-electron chi connectivity index (χ1n) is 4.75. The van der Waals surface area contributed by atoms with Crippen LogP contribution >= 0.6 is 11.6 Å². The van der Waals surface area contributed by atoms with Gasteiger partial charge in [0.15, 0.2) is 0 Å². The van der Waals surface area contributed by atoms with Gasteiger partial charge in [-0.1, -0.05) is 11.6 Å². The van der Waals surface area contributed by atoms with Crippen LogP contribution in [-0.4, -0.2) is 4.98 Å². The number of rotatable bonds is 1. The van der Waals surface area contributed by atoms with Crippen LogP contribution in [0.4, 0.5) is 10.2 Å². The first kappa shape index (κ1) is 10.9. The van der Waals surface area contributed by atoms with Crippen LogP contribution in [0.2, 0.25) is 5.02 Å². The van der Waals surface area contributed by atoms with Crippen molar-refractivity contribution < 1.29 is 4.39 Å². The van der Waals surface area contributed by atoms with Crippen LogP contribution in [0, 0.1) is 12.7 Å². The molecule has 0 spiro atoms. The maximum atomic E-state index is 13.1. The molecule has 0 radical (unpaired) electrons. The van der Waals surface area contributed by atoms with Crippen molar-refractivity contribution in [3.63, 3.8) is 0 Å². The zero-order valence-corrected chi connectivity index (χ0v) is 9.42. The minimum atomic E-state index is -0.347. The highest BCUT2D eigenvalue weighted by Gasteiger charge is 2.09. The summed E-state index contributed by atoms with van der Waals surface area (Å²) in [5.41, 5.74) is 7.92. The molecule has 4 heteroatoms. The minimum Gasteiger partial charge on any atom is -0.383 e. The van der Waals surface area contributed by atoms with Gasteiger partial charge in [0.25, 0.3) is 0 Å². The largest absolute Gasteiger partial charge is 0.383 e. The van der Waals surface area contributed by atoms with Crippen molar-refractivity contribution >= 4 is 17.4 Å². The summed E-state index contributed by atoms with van der Waals surface area (Å²) in [4.78, 5) is 4.02. The average Bonchev–Trinajstić information content (AvgIpc) is 2.25. The van der Waals surface area contributed by atoms with Gasteiger partial charge in [-0.3, -0.25) is 0 Å². The second kappa shape index (κ2) is 4.10. The molecule has 2 aromatic rings. The Morgan fingerprint density at radius 1 is 1.25 bits per heavy atom. The van der Waals surface area contributed by atoms with Gasteiger partial charge in [-0.2, -0.15) is 0 Å². The Hall–Kier alpha value is -1.61.